The van der Waals surface area contributed by atoms with Crippen molar-refractivity contribution in [1.82, 2.24) is 14.5 Å². The van der Waals surface area contributed by atoms with E-state index in [-0.39, 0.29) is 36.3 Å². The summed E-state index contributed by atoms with van der Waals surface area (Å²) in [6.45, 7) is 4.25. The number of carbonyl (C=O) groups is 2. The van der Waals surface area contributed by atoms with E-state index in [1.54, 1.807) is 23.6 Å². The van der Waals surface area contributed by atoms with Crippen LogP contribution < -0.4 is 21.9 Å². The van der Waals surface area contributed by atoms with Gasteiger partial charge in [-0.1, -0.05) is 24.6 Å². The molecule has 0 spiro atoms. The first-order chi connectivity index (χ1) is 18.7. The highest BCUT2D eigenvalue weighted by atomic mass is 32.1. The number of hydrogen-bond acceptors (Lipinski definition) is 5. The molecule has 4 rings (SSSR count). The summed E-state index contributed by atoms with van der Waals surface area (Å²) in [5, 5.41) is 7.37. The molecule has 39 heavy (non-hydrogen) atoms. The number of hydrogen-bond donors (Lipinski definition) is 2. The molecular weight excluding hydrogens is 519 g/mol. The minimum Gasteiger partial charge on any atom is -0.352 e. The van der Waals surface area contributed by atoms with Crippen LogP contribution in [0.4, 0.5) is 10.1 Å². The van der Waals surface area contributed by atoms with Crippen LogP contribution in [-0.4, -0.2) is 20.9 Å². The molecule has 0 aliphatic rings. The number of halogens is 1. The summed E-state index contributed by atoms with van der Waals surface area (Å²) < 4.78 is 15.9. The zero-order valence-corrected chi connectivity index (χ0v) is 22.8. The van der Waals surface area contributed by atoms with Crippen molar-refractivity contribution in [3.8, 4) is 0 Å². The lowest BCUT2D eigenvalue weighted by molar-refractivity contribution is -0.121. The van der Waals surface area contributed by atoms with Crippen molar-refractivity contribution in [2.24, 2.45) is 0 Å². The molecule has 0 aliphatic heterocycles. The predicted molar refractivity (Wildman–Crippen MR) is 152 cm³/mol. The number of aromatic nitrogens is 2. The summed E-state index contributed by atoms with van der Waals surface area (Å²) in [5.74, 6) is -0.798. The maximum absolute atomic E-state index is 13.3. The van der Waals surface area contributed by atoms with E-state index in [9.17, 15) is 23.6 Å². The Morgan fingerprint density at radius 2 is 1.67 bits per heavy atom. The molecular formula is C29H31FN4O4S. The summed E-state index contributed by atoms with van der Waals surface area (Å²) in [6.07, 6.45) is 2.08. The third-order valence-corrected chi connectivity index (χ3v) is 7.51. The zero-order chi connectivity index (χ0) is 27.9. The van der Waals surface area contributed by atoms with Crippen molar-refractivity contribution in [3.63, 3.8) is 0 Å². The average molecular weight is 551 g/mol. The lowest BCUT2D eigenvalue weighted by Crippen LogP contribution is -2.41. The van der Waals surface area contributed by atoms with E-state index in [0.717, 1.165) is 16.7 Å². The van der Waals surface area contributed by atoms with Crippen LogP contribution in [0.25, 0.3) is 10.2 Å². The van der Waals surface area contributed by atoms with Crippen molar-refractivity contribution < 1.29 is 14.0 Å². The van der Waals surface area contributed by atoms with Gasteiger partial charge in [0.2, 0.25) is 11.8 Å². The van der Waals surface area contributed by atoms with Gasteiger partial charge in [-0.05, 0) is 79.1 Å². The highest BCUT2D eigenvalue weighted by Crippen LogP contribution is 2.17. The van der Waals surface area contributed by atoms with Gasteiger partial charge in [-0.25, -0.2) is 9.18 Å². The van der Waals surface area contributed by atoms with Crippen LogP contribution in [0.1, 0.15) is 42.4 Å². The van der Waals surface area contributed by atoms with Gasteiger partial charge in [-0.3, -0.25) is 23.5 Å². The Bertz CT molecular complexity index is 1600. The van der Waals surface area contributed by atoms with Gasteiger partial charge in [0.1, 0.15) is 17.1 Å². The second-order valence-electron chi connectivity index (χ2n) is 9.52. The Morgan fingerprint density at radius 3 is 2.41 bits per heavy atom. The van der Waals surface area contributed by atoms with Crippen molar-refractivity contribution in [3.05, 3.63) is 97.3 Å². The highest BCUT2D eigenvalue weighted by Gasteiger charge is 2.16. The molecule has 2 N–H and O–H groups in total. The van der Waals surface area contributed by atoms with Crippen LogP contribution in [-0.2, 0) is 29.2 Å². The number of nitrogens with zero attached hydrogens (tertiary/aromatic N) is 2. The molecule has 8 nitrogen and oxygen atoms in total. The second-order valence-corrected chi connectivity index (χ2v) is 10.4. The molecule has 0 saturated heterocycles. The van der Waals surface area contributed by atoms with Crippen molar-refractivity contribution >= 4 is 39.1 Å². The van der Waals surface area contributed by atoms with Gasteiger partial charge in [-0.2, -0.15) is 0 Å². The first-order valence-corrected chi connectivity index (χ1v) is 13.7. The molecule has 0 unspecified atom stereocenters. The Morgan fingerprint density at radius 1 is 0.897 bits per heavy atom. The fourth-order valence-electron chi connectivity index (χ4n) is 4.27. The molecule has 2 aromatic heterocycles. The number of thiophene rings is 1. The summed E-state index contributed by atoms with van der Waals surface area (Å²) in [7, 11) is 0. The maximum Gasteiger partial charge on any atom is 0.332 e. The van der Waals surface area contributed by atoms with E-state index in [2.05, 4.69) is 10.6 Å². The van der Waals surface area contributed by atoms with Crippen LogP contribution in [0.2, 0.25) is 0 Å². The molecule has 0 aliphatic carbocycles. The molecule has 4 aromatic rings. The van der Waals surface area contributed by atoms with E-state index < -0.39 is 5.69 Å². The van der Waals surface area contributed by atoms with Gasteiger partial charge in [0.25, 0.3) is 5.56 Å². The van der Waals surface area contributed by atoms with Crippen LogP contribution in [0.15, 0.2) is 63.5 Å². The first-order valence-electron chi connectivity index (χ1n) is 12.8. The average Bonchev–Trinajstić information content (AvgIpc) is 3.40. The molecule has 204 valence electrons. The fourth-order valence-corrected chi connectivity index (χ4v) is 5.11. The number of amides is 2. The van der Waals surface area contributed by atoms with Crippen LogP contribution >= 0.6 is 11.3 Å². The highest BCUT2D eigenvalue weighted by molar-refractivity contribution is 7.17. The first kappa shape index (κ1) is 28.0. The third-order valence-electron chi connectivity index (χ3n) is 6.62. The van der Waals surface area contributed by atoms with Crippen molar-refractivity contribution in [2.45, 2.75) is 59.2 Å². The third kappa shape index (κ3) is 7.08. The number of rotatable bonds is 11. The van der Waals surface area contributed by atoms with E-state index in [1.807, 2.05) is 32.0 Å². The lowest BCUT2D eigenvalue weighted by Gasteiger charge is -2.13. The van der Waals surface area contributed by atoms with Gasteiger partial charge in [0, 0.05) is 25.2 Å². The largest absolute Gasteiger partial charge is 0.352 e. The van der Waals surface area contributed by atoms with Crippen LogP contribution in [0.5, 0.6) is 0 Å². The normalized spacial score (nSPS) is 11.1. The minimum atomic E-state index is -0.529. The van der Waals surface area contributed by atoms with E-state index in [1.165, 1.54) is 32.6 Å². The molecule has 0 fully saturated rings. The summed E-state index contributed by atoms with van der Waals surface area (Å²) in [5.41, 5.74) is 3.16. The number of benzene rings is 2. The SMILES string of the molecule is Cc1ccc(NC(=O)Cn2c(=O)n(CCCCCC(=O)NCc3ccc(F)cc3)c(=O)c3sccc32)cc1C. The number of aryl methyl sites for hydroxylation is 2. The maximum atomic E-state index is 13.3. The fraction of sp³-hybridized carbons (Fsp3) is 0.310. The molecule has 0 saturated carbocycles. The predicted octanol–water partition coefficient (Wildman–Crippen LogP) is 4.50. The van der Waals surface area contributed by atoms with Gasteiger partial charge < -0.3 is 10.6 Å². The quantitative estimate of drug-likeness (QED) is 0.269. The Balaban J connectivity index is 1.34. The topological polar surface area (TPSA) is 102 Å². The van der Waals surface area contributed by atoms with Gasteiger partial charge in [0.05, 0.1) is 5.52 Å². The second kappa shape index (κ2) is 12.7. The van der Waals surface area contributed by atoms with Crippen molar-refractivity contribution in [1.29, 1.82) is 0 Å². The minimum absolute atomic E-state index is 0.117. The molecule has 0 atom stereocenters. The molecule has 10 heteroatoms. The monoisotopic (exact) mass is 550 g/mol. The number of fused-ring (bicyclic) bond motifs is 1. The van der Waals surface area contributed by atoms with Crippen LogP contribution in [0.3, 0.4) is 0 Å². The molecule has 2 heterocycles. The van der Waals surface area contributed by atoms with E-state index in [0.29, 0.717) is 48.1 Å². The number of nitrogens with one attached hydrogen (secondary N) is 2. The number of anilines is 1. The smallest absolute Gasteiger partial charge is 0.332 e. The summed E-state index contributed by atoms with van der Waals surface area (Å²) in [6, 6.07) is 13.2. The summed E-state index contributed by atoms with van der Waals surface area (Å²) in [4.78, 5) is 51.2. The molecule has 0 radical (unpaired) electrons. The number of unbranched alkanes of at least 4 members (excludes halogenated alkanes) is 2. The van der Waals surface area contributed by atoms with Gasteiger partial charge in [-0.15, -0.1) is 11.3 Å². The molecule has 2 aromatic carbocycles. The summed E-state index contributed by atoms with van der Waals surface area (Å²) >= 11 is 1.24. The van der Waals surface area contributed by atoms with E-state index >= 15 is 0 Å². The van der Waals surface area contributed by atoms with Crippen molar-refractivity contribution in [2.75, 3.05) is 5.32 Å². The zero-order valence-electron chi connectivity index (χ0n) is 22.0. The molecule has 0 bridgehead atoms. The lowest BCUT2D eigenvalue weighted by atomic mass is 10.1. The van der Waals surface area contributed by atoms with Gasteiger partial charge >= 0.3 is 5.69 Å². The molecule has 2 amide bonds. The Labute approximate surface area is 229 Å². The Kier molecular flexibility index (Phi) is 9.08. The van der Waals surface area contributed by atoms with Gasteiger partial charge in [0.15, 0.2) is 0 Å². The standard InChI is InChI=1S/C29H31FN4O4S/c1-19-7-12-23(16-20(19)2)32-26(36)18-34-24-13-15-39-27(24)28(37)33(29(34)38)14-5-3-4-6-25(35)31-17-21-8-10-22(30)11-9-21/h7-13,15-16H,3-6,14,17-18H2,1-2H3,(H,31,35)(H,32,36). The number of carbonyl (C=O) groups excluding carboxylic acids is 2. The van der Waals surface area contributed by atoms with Crippen LogP contribution in [0, 0.1) is 19.7 Å². The Hall–Kier alpha value is -4.05. The van der Waals surface area contributed by atoms with E-state index in [4.69, 9.17) is 0 Å².